The zero-order valence-electron chi connectivity index (χ0n) is 14.9. The fraction of sp³-hybridized carbons (Fsp3) is 0.211. The monoisotopic (exact) mass is 388 g/mol. The second-order valence-electron chi connectivity index (χ2n) is 5.94. The predicted octanol–water partition coefficient (Wildman–Crippen LogP) is 3.52. The van der Waals surface area contributed by atoms with Crippen LogP contribution in [0.15, 0.2) is 48.5 Å². The number of rotatable bonds is 6. The van der Waals surface area contributed by atoms with Crippen molar-refractivity contribution in [2.24, 2.45) is 0 Å². The third-order valence-electron chi connectivity index (χ3n) is 4.02. The van der Waals surface area contributed by atoms with E-state index < -0.39 is 0 Å². The molecule has 1 amide bonds. The SMILES string of the molecule is Cc1c(C(=O)N(C)CCOc2ccc(Cl)cc2)nnn1-c1ccc(F)cc1. The van der Waals surface area contributed by atoms with E-state index in [0.29, 0.717) is 35.3 Å². The van der Waals surface area contributed by atoms with Gasteiger partial charge < -0.3 is 9.64 Å². The molecule has 0 aliphatic carbocycles. The molecule has 0 atom stereocenters. The largest absolute Gasteiger partial charge is 0.492 e. The van der Waals surface area contributed by atoms with Crippen LogP contribution in [0.4, 0.5) is 4.39 Å². The van der Waals surface area contributed by atoms with Gasteiger partial charge >= 0.3 is 0 Å². The van der Waals surface area contributed by atoms with E-state index in [2.05, 4.69) is 10.3 Å². The van der Waals surface area contributed by atoms with E-state index in [1.807, 2.05) is 0 Å². The van der Waals surface area contributed by atoms with Gasteiger partial charge in [-0.25, -0.2) is 9.07 Å². The minimum Gasteiger partial charge on any atom is -0.492 e. The van der Waals surface area contributed by atoms with E-state index in [-0.39, 0.29) is 17.4 Å². The molecule has 0 N–H and O–H groups in total. The van der Waals surface area contributed by atoms with Crippen molar-refractivity contribution in [3.63, 3.8) is 0 Å². The van der Waals surface area contributed by atoms with Crippen LogP contribution in [0.5, 0.6) is 5.75 Å². The zero-order chi connectivity index (χ0) is 19.4. The first-order valence-electron chi connectivity index (χ1n) is 8.28. The maximum atomic E-state index is 13.1. The molecule has 0 radical (unpaired) electrons. The van der Waals surface area contributed by atoms with Crippen molar-refractivity contribution in [3.8, 4) is 11.4 Å². The molecule has 140 valence electrons. The van der Waals surface area contributed by atoms with Crippen LogP contribution in [-0.4, -0.2) is 46.0 Å². The van der Waals surface area contributed by atoms with Gasteiger partial charge in [0.2, 0.25) is 0 Å². The van der Waals surface area contributed by atoms with E-state index in [1.165, 1.54) is 21.7 Å². The van der Waals surface area contributed by atoms with Crippen LogP contribution in [0.2, 0.25) is 5.02 Å². The summed E-state index contributed by atoms with van der Waals surface area (Å²) in [5.74, 6) is 0.0764. The molecule has 0 aliphatic heterocycles. The maximum absolute atomic E-state index is 13.1. The van der Waals surface area contributed by atoms with Gasteiger partial charge in [0.25, 0.3) is 5.91 Å². The second-order valence-corrected chi connectivity index (χ2v) is 6.38. The summed E-state index contributed by atoms with van der Waals surface area (Å²) in [6, 6.07) is 12.8. The number of hydrogen-bond acceptors (Lipinski definition) is 4. The lowest BCUT2D eigenvalue weighted by molar-refractivity contribution is 0.0767. The number of benzene rings is 2. The van der Waals surface area contributed by atoms with Gasteiger partial charge in [0, 0.05) is 12.1 Å². The molecule has 0 bridgehead atoms. The molecule has 1 heterocycles. The first-order chi connectivity index (χ1) is 13.0. The molecular formula is C19H18ClFN4O2. The standard InChI is InChI=1S/C19H18ClFN4O2/c1-13-18(22-23-25(13)16-7-5-15(21)6-8-16)19(26)24(2)11-12-27-17-9-3-14(20)4-10-17/h3-10H,11-12H2,1-2H3. The highest BCUT2D eigenvalue weighted by molar-refractivity contribution is 6.30. The van der Waals surface area contributed by atoms with Crippen LogP contribution >= 0.6 is 11.6 Å². The van der Waals surface area contributed by atoms with Crippen molar-refractivity contribution in [1.82, 2.24) is 19.9 Å². The Balaban J connectivity index is 1.63. The maximum Gasteiger partial charge on any atom is 0.276 e. The zero-order valence-corrected chi connectivity index (χ0v) is 15.7. The summed E-state index contributed by atoms with van der Waals surface area (Å²) >= 11 is 5.83. The minimum atomic E-state index is -0.340. The van der Waals surface area contributed by atoms with Crippen LogP contribution < -0.4 is 4.74 Å². The van der Waals surface area contributed by atoms with E-state index in [1.54, 1.807) is 50.4 Å². The Morgan fingerprint density at radius 1 is 1.19 bits per heavy atom. The highest BCUT2D eigenvalue weighted by Gasteiger charge is 2.20. The van der Waals surface area contributed by atoms with Crippen molar-refractivity contribution in [3.05, 3.63) is 70.8 Å². The van der Waals surface area contributed by atoms with Crippen LogP contribution in [-0.2, 0) is 0 Å². The normalized spacial score (nSPS) is 10.7. The van der Waals surface area contributed by atoms with Gasteiger partial charge in [-0.2, -0.15) is 0 Å². The fourth-order valence-corrected chi connectivity index (χ4v) is 2.59. The lowest BCUT2D eigenvalue weighted by atomic mass is 10.2. The Morgan fingerprint density at radius 3 is 2.52 bits per heavy atom. The first-order valence-corrected chi connectivity index (χ1v) is 8.65. The number of carbonyl (C=O) groups excluding carboxylic acids is 1. The molecule has 8 heteroatoms. The van der Waals surface area contributed by atoms with Crippen LogP contribution in [0.25, 0.3) is 5.69 Å². The van der Waals surface area contributed by atoms with Crippen LogP contribution in [0.1, 0.15) is 16.2 Å². The number of halogens is 2. The van der Waals surface area contributed by atoms with Crippen LogP contribution in [0, 0.1) is 12.7 Å². The summed E-state index contributed by atoms with van der Waals surface area (Å²) in [5, 5.41) is 8.63. The van der Waals surface area contributed by atoms with Gasteiger partial charge in [-0.15, -0.1) is 5.10 Å². The molecular weight excluding hydrogens is 371 g/mol. The summed E-state index contributed by atoms with van der Waals surface area (Å²) in [7, 11) is 1.67. The molecule has 0 fully saturated rings. The third kappa shape index (κ3) is 4.43. The molecule has 27 heavy (non-hydrogen) atoms. The molecule has 0 saturated heterocycles. The van der Waals surface area contributed by atoms with Gasteiger partial charge in [-0.3, -0.25) is 4.79 Å². The summed E-state index contributed by atoms with van der Waals surface area (Å²) < 4.78 is 20.2. The average molecular weight is 389 g/mol. The molecule has 0 aliphatic rings. The molecule has 3 rings (SSSR count). The Labute approximate surface area is 161 Å². The highest BCUT2D eigenvalue weighted by atomic mass is 35.5. The van der Waals surface area contributed by atoms with Crippen molar-refractivity contribution in [2.45, 2.75) is 6.92 Å². The summed E-state index contributed by atoms with van der Waals surface area (Å²) in [6.45, 7) is 2.45. The Kier molecular flexibility index (Phi) is 5.71. The first kappa shape index (κ1) is 18.8. The number of amides is 1. The smallest absolute Gasteiger partial charge is 0.276 e. The Morgan fingerprint density at radius 2 is 1.85 bits per heavy atom. The van der Waals surface area contributed by atoms with Crippen molar-refractivity contribution in [1.29, 1.82) is 0 Å². The Hall–Kier alpha value is -2.93. The lowest BCUT2D eigenvalue weighted by Crippen LogP contribution is -2.31. The lowest BCUT2D eigenvalue weighted by Gasteiger charge is -2.16. The second kappa shape index (κ2) is 8.18. The van der Waals surface area contributed by atoms with E-state index in [4.69, 9.17) is 16.3 Å². The number of nitrogens with zero attached hydrogens (tertiary/aromatic N) is 4. The topological polar surface area (TPSA) is 60.3 Å². The molecule has 0 saturated carbocycles. The average Bonchev–Trinajstić information content (AvgIpc) is 3.04. The summed E-state index contributed by atoms with van der Waals surface area (Å²) in [6.07, 6.45) is 0. The number of ether oxygens (including phenoxy) is 1. The van der Waals surface area contributed by atoms with Gasteiger partial charge in [0.05, 0.1) is 17.9 Å². The van der Waals surface area contributed by atoms with Gasteiger partial charge in [0.15, 0.2) is 5.69 Å². The molecule has 1 aromatic heterocycles. The third-order valence-corrected chi connectivity index (χ3v) is 4.28. The van der Waals surface area contributed by atoms with E-state index >= 15 is 0 Å². The van der Waals surface area contributed by atoms with Crippen molar-refractivity contribution in [2.75, 3.05) is 20.2 Å². The number of carbonyl (C=O) groups is 1. The van der Waals surface area contributed by atoms with E-state index in [9.17, 15) is 9.18 Å². The molecule has 0 spiro atoms. The van der Waals surface area contributed by atoms with Crippen molar-refractivity contribution >= 4 is 17.5 Å². The highest BCUT2D eigenvalue weighted by Crippen LogP contribution is 2.16. The van der Waals surface area contributed by atoms with Gasteiger partial charge in [-0.1, -0.05) is 16.8 Å². The number of aromatic nitrogens is 3. The quantitative estimate of drug-likeness (QED) is 0.648. The molecule has 3 aromatic rings. The van der Waals surface area contributed by atoms with E-state index in [0.717, 1.165) is 0 Å². The molecule has 6 nitrogen and oxygen atoms in total. The van der Waals surface area contributed by atoms with Gasteiger partial charge in [0.1, 0.15) is 18.2 Å². The summed E-state index contributed by atoms with van der Waals surface area (Å²) in [4.78, 5) is 14.1. The van der Waals surface area contributed by atoms with Gasteiger partial charge in [-0.05, 0) is 55.5 Å². The number of likely N-dealkylation sites (N-methyl/N-ethyl adjacent to an activating group) is 1. The van der Waals surface area contributed by atoms with Crippen molar-refractivity contribution < 1.29 is 13.9 Å². The van der Waals surface area contributed by atoms with Crippen LogP contribution in [0.3, 0.4) is 0 Å². The predicted molar refractivity (Wildman–Crippen MR) is 100.0 cm³/mol. The Bertz CT molecular complexity index is 926. The number of hydrogen-bond donors (Lipinski definition) is 0. The fourth-order valence-electron chi connectivity index (χ4n) is 2.47. The molecule has 0 unspecified atom stereocenters. The molecule has 2 aromatic carbocycles. The minimum absolute atomic E-state index is 0.244. The summed E-state index contributed by atoms with van der Waals surface area (Å²) in [5.41, 5.74) is 1.46.